The number of hydrogen-bond donors (Lipinski definition) is 1. The molecule has 1 N–H and O–H groups in total. The standard InChI is InChI=1S/C22H24FN5O4S/c1-22(2,3)32-20(29)25-9-16-11-28(21(30)31-16)15-4-5-17(18(23)8-15)19-26-14(12-33-19)10-27-7-6-24-13-27/h4-8,12-13,16H,9-11H2,1-3H3,(H,25,29). The zero-order valence-electron chi connectivity index (χ0n) is 18.4. The highest BCUT2D eigenvalue weighted by molar-refractivity contribution is 7.13. The molecule has 1 saturated heterocycles. The van der Waals surface area contributed by atoms with Gasteiger partial charge in [-0.05, 0) is 39.0 Å². The predicted molar refractivity (Wildman–Crippen MR) is 121 cm³/mol. The van der Waals surface area contributed by atoms with Crippen LogP contribution in [0.2, 0.25) is 0 Å². The van der Waals surface area contributed by atoms with E-state index in [0.29, 0.717) is 22.8 Å². The molecule has 0 spiro atoms. The van der Waals surface area contributed by atoms with Crippen LogP contribution in [0.5, 0.6) is 0 Å². The van der Waals surface area contributed by atoms with Crippen LogP contribution in [0.25, 0.3) is 10.6 Å². The molecule has 1 unspecified atom stereocenters. The number of carbonyl (C=O) groups is 2. The number of halogens is 1. The highest BCUT2D eigenvalue weighted by atomic mass is 32.1. The van der Waals surface area contributed by atoms with E-state index in [9.17, 15) is 14.0 Å². The normalized spacial score (nSPS) is 16.1. The van der Waals surface area contributed by atoms with Crippen LogP contribution in [0, 0.1) is 5.82 Å². The molecular weight excluding hydrogens is 449 g/mol. The minimum Gasteiger partial charge on any atom is -0.444 e. The van der Waals surface area contributed by atoms with E-state index in [1.165, 1.54) is 22.3 Å². The van der Waals surface area contributed by atoms with E-state index in [4.69, 9.17) is 9.47 Å². The topological polar surface area (TPSA) is 98.6 Å². The van der Waals surface area contributed by atoms with Crippen LogP contribution in [0.1, 0.15) is 26.5 Å². The molecule has 2 aromatic heterocycles. The first kappa shape index (κ1) is 22.7. The van der Waals surface area contributed by atoms with Crippen molar-refractivity contribution in [3.05, 3.63) is 53.8 Å². The second kappa shape index (κ2) is 9.18. The largest absolute Gasteiger partial charge is 0.444 e. The monoisotopic (exact) mass is 473 g/mol. The van der Waals surface area contributed by atoms with Crippen LogP contribution in [0.4, 0.5) is 19.7 Å². The van der Waals surface area contributed by atoms with E-state index in [-0.39, 0.29) is 13.1 Å². The number of rotatable bonds is 6. The third-order valence-corrected chi connectivity index (χ3v) is 5.62. The molecule has 4 rings (SSSR count). The van der Waals surface area contributed by atoms with Crippen molar-refractivity contribution in [1.82, 2.24) is 19.9 Å². The summed E-state index contributed by atoms with van der Waals surface area (Å²) in [5, 5.41) is 5.01. The minimum atomic E-state index is -0.626. The molecule has 1 aliphatic rings. The third kappa shape index (κ3) is 5.67. The second-order valence-corrected chi connectivity index (χ2v) is 9.40. The Morgan fingerprint density at radius 1 is 1.39 bits per heavy atom. The highest BCUT2D eigenvalue weighted by Gasteiger charge is 2.33. The molecule has 0 saturated carbocycles. The number of ether oxygens (including phenoxy) is 2. The Bertz CT molecular complexity index is 1140. The molecule has 0 bridgehead atoms. The molecule has 0 aliphatic carbocycles. The number of carbonyl (C=O) groups excluding carboxylic acids is 2. The second-order valence-electron chi connectivity index (χ2n) is 8.54. The molecule has 9 nitrogen and oxygen atoms in total. The quantitative estimate of drug-likeness (QED) is 0.580. The number of imidazole rings is 1. The molecule has 1 atom stereocenters. The van der Waals surface area contributed by atoms with Gasteiger partial charge in [-0.1, -0.05) is 0 Å². The molecule has 2 amide bonds. The number of nitrogens with one attached hydrogen (secondary N) is 1. The molecular formula is C22H24FN5O4S. The van der Waals surface area contributed by atoms with Gasteiger partial charge in [-0.15, -0.1) is 11.3 Å². The Balaban J connectivity index is 1.39. The van der Waals surface area contributed by atoms with E-state index in [2.05, 4.69) is 15.3 Å². The van der Waals surface area contributed by atoms with Crippen molar-refractivity contribution in [2.45, 2.75) is 39.0 Å². The van der Waals surface area contributed by atoms with Gasteiger partial charge in [-0.3, -0.25) is 4.90 Å². The van der Waals surface area contributed by atoms with Gasteiger partial charge in [0, 0.05) is 23.3 Å². The lowest BCUT2D eigenvalue weighted by molar-refractivity contribution is 0.0496. The Kier molecular flexibility index (Phi) is 6.32. The van der Waals surface area contributed by atoms with Crippen LogP contribution in [-0.2, 0) is 16.0 Å². The maximum atomic E-state index is 14.9. The predicted octanol–water partition coefficient (Wildman–Crippen LogP) is 4.04. The number of nitrogens with zero attached hydrogens (tertiary/aromatic N) is 4. The fourth-order valence-corrected chi connectivity index (χ4v) is 4.10. The first-order valence-electron chi connectivity index (χ1n) is 10.3. The van der Waals surface area contributed by atoms with Crippen LogP contribution < -0.4 is 10.2 Å². The lowest BCUT2D eigenvalue weighted by atomic mass is 10.2. The maximum Gasteiger partial charge on any atom is 0.414 e. The van der Waals surface area contributed by atoms with Gasteiger partial charge >= 0.3 is 12.2 Å². The van der Waals surface area contributed by atoms with Gasteiger partial charge in [0.25, 0.3) is 0 Å². The number of alkyl carbamates (subject to hydrolysis) is 1. The first-order valence-corrected chi connectivity index (χ1v) is 11.2. The van der Waals surface area contributed by atoms with Crippen LogP contribution in [0.15, 0.2) is 42.3 Å². The minimum absolute atomic E-state index is 0.0938. The molecule has 174 valence electrons. The molecule has 3 aromatic rings. The fraction of sp³-hybridized carbons (Fsp3) is 0.364. The first-order chi connectivity index (χ1) is 15.7. The molecule has 1 fully saturated rings. The molecule has 33 heavy (non-hydrogen) atoms. The molecule has 0 radical (unpaired) electrons. The van der Waals surface area contributed by atoms with Crippen molar-refractivity contribution >= 4 is 29.2 Å². The van der Waals surface area contributed by atoms with Crippen molar-refractivity contribution in [3.63, 3.8) is 0 Å². The number of anilines is 1. The summed E-state index contributed by atoms with van der Waals surface area (Å²) in [6.45, 7) is 6.10. The lowest BCUT2D eigenvalue weighted by Crippen LogP contribution is -2.38. The van der Waals surface area contributed by atoms with Gasteiger partial charge in [0.15, 0.2) is 0 Å². The van der Waals surface area contributed by atoms with Crippen molar-refractivity contribution in [3.8, 4) is 10.6 Å². The smallest absolute Gasteiger partial charge is 0.414 e. The zero-order valence-corrected chi connectivity index (χ0v) is 19.3. The molecule has 11 heteroatoms. The van der Waals surface area contributed by atoms with Crippen LogP contribution in [0.3, 0.4) is 0 Å². The summed E-state index contributed by atoms with van der Waals surface area (Å²) in [6.07, 6.45) is 3.45. The number of aromatic nitrogens is 3. The van der Waals surface area contributed by atoms with Crippen molar-refractivity contribution in [2.75, 3.05) is 18.0 Å². The van der Waals surface area contributed by atoms with E-state index in [1.54, 1.807) is 45.4 Å². The average molecular weight is 474 g/mol. The van der Waals surface area contributed by atoms with Crippen molar-refractivity contribution in [1.29, 1.82) is 0 Å². The van der Waals surface area contributed by atoms with Gasteiger partial charge in [0.05, 0.1) is 37.3 Å². The van der Waals surface area contributed by atoms with Gasteiger partial charge in [0.1, 0.15) is 22.5 Å². The summed E-state index contributed by atoms with van der Waals surface area (Å²) < 4.78 is 27.3. The number of thiazole rings is 1. The zero-order chi connectivity index (χ0) is 23.6. The van der Waals surface area contributed by atoms with E-state index in [1.807, 2.05) is 16.1 Å². The molecule has 3 heterocycles. The Hall–Kier alpha value is -3.47. The van der Waals surface area contributed by atoms with Gasteiger partial charge in [0.2, 0.25) is 0 Å². The summed E-state index contributed by atoms with van der Waals surface area (Å²) in [5.74, 6) is -0.487. The van der Waals surface area contributed by atoms with E-state index < -0.39 is 29.7 Å². The highest BCUT2D eigenvalue weighted by Crippen LogP contribution is 2.31. The summed E-state index contributed by atoms with van der Waals surface area (Å²) in [6, 6.07) is 4.54. The Morgan fingerprint density at radius 2 is 2.21 bits per heavy atom. The molecule has 1 aliphatic heterocycles. The van der Waals surface area contributed by atoms with E-state index >= 15 is 0 Å². The van der Waals surface area contributed by atoms with Gasteiger partial charge < -0.3 is 19.4 Å². The summed E-state index contributed by atoms with van der Waals surface area (Å²) in [7, 11) is 0. The van der Waals surface area contributed by atoms with Gasteiger partial charge in [-0.25, -0.2) is 23.9 Å². The van der Waals surface area contributed by atoms with Gasteiger partial charge in [-0.2, -0.15) is 0 Å². The van der Waals surface area contributed by atoms with Crippen LogP contribution in [-0.4, -0.2) is 51.5 Å². The maximum absolute atomic E-state index is 14.9. The summed E-state index contributed by atoms with van der Waals surface area (Å²) >= 11 is 1.35. The third-order valence-electron chi connectivity index (χ3n) is 4.70. The number of hydrogen-bond acceptors (Lipinski definition) is 7. The fourth-order valence-electron chi connectivity index (χ4n) is 3.27. The lowest BCUT2D eigenvalue weighted by Gasteiger charge is -2.20. The molecule has 1 aromatic carbocycles. The van der Waals surface area contributed by atoms with E-state index in [0.717, 1.165) is 5.69 Å². The van der Waals surface area contributed by atoms with Crippen molar-refractivity contribution < 1.29 is 23.5 Å². The van der Waals surface area contributed by atoms with Crippen molar-refractivity contribution in [2.24, 2.45) is 0 Å². The SMILES string of the molecule is CC(C)(C)OC(=O)NCC1CN(c2ccc(-c3nc(Cn4ccnc4)cs3)c(F)c2)C(=O)O1. The average Bonchev–Trinajstić information content (AvgIpc) is 3.47. The Morgan fingerprint density at radius 3 is 2.91 bits per heavy atom. The Labute approximate surface area is 194 Å². The summed E-state index contributed by atoms with van der Waals surface area (Å²) in [4.78, 5) is 34.0. The summed E-state index contributed by atoms with van der Waals surface area (Å²) in [5.41, 5.74) is 0.909. The number of amides is 2. The number of cyclic esters (lactones) is 1. The van der Waals surface area contributed by atoms with Crippen LogP contribution >= 0.6 is 11.3 Å². The number of benzene rings is 1.